The lowest BCUT2D eigenvalue weighted by Gasteiger charge is -2.01. The van der Waals surface area contributed by atoms with Crippen LogP contribution in [0.4, 0.5) is 5.95 Å². The van der Waals surface area contributed by atoms with Gasteiger partial charge in [0.05, 0.1) is 6.54 Å². The standard InChI is InChI=1S/C13H14N4O2/c1-18-9-11-6-5-10(19-11)8-14-13-16-15-12-4-2-3-7-17(12)13/h2-7H,8-9H2,1H3,(H,14,16). The molecule has 6 nitrogen and oxygen atoms in total. The minimum atomic E-state index is 0.480. The zero-order chi connectivity index (χ0) is 13.1. The second-order valence-corrected chi connectivity index (χ2v) is 4.11. The molecule has 0 aliphatic carbocycles. The molecule has 0 saturated heterocycles. The summed E-state index contributed by atoms with van der Waals surface area (Å²) >= 11 is 0. The van der Waals surface area contributed by atoms with E-state index in [0.717, 1.165) is 17.2 Å². The highest BCUT2D eigenvalue weighted by Crippen LogP contribution is 2.12. The molecular formula is C13H14N4O2. The van der Waals surface area contributed by atoms with Gasteiger partial charge in [-0.1, -0.05) is 6.07 Å². The summed E-state index contributed by atoms with van der Waals surface area (Å²) in [6.45, 7) is 1.03. The Hall–Kier alpha value is -2.34. The number of aromatic nitrogens is 3. The van der Waals surface area contributed by atoms with Gasteiger partial charge in [0, 0.05) is 13.3 Å². The number of anilines is 1. The highest BCUT2D eigenvalue weighted by atomic mass is 16.5. The van der Waals surface area contributed by atoms with Crippen molar-refractivity contribution in [2.24, 2.45) is 0 Å². The van der Waals surface area contributed by atoms with E-state index in [4.69, 9.17) is 9.15 Å². The number of pyridine rings is 1. The van der Waals surface area contributed by atoms with Gasteiger partial charge in [-0.25, -0.2) is 0 Å². The fourth-order valence-electron chi connectivity index (χ4n) is 1.87. The van der Waals surface area contributed by atoms with Crippen LogP contribution in [0.15, 0.2) is 40.9 Å². The zero-order valence-electron chi connectivity index (χ0n) is 10.5. The monoisotopic (exact) mass is 258 g/mol. The number of nitrogens with one attached hydrogen (secondary N) is 1. The smallest absolute Gasteiger partial charge is 0.229 e. The average molecular weight is 258 g/mol. The molecule has 3 aromatic rings. The number of nitrogens with zero attached hydrogens (tertiary/aromatic N) is 3. The van der Waals surface area contributed by atoms with E-state index >= 15 is 0 Å². The summed E-state index contributed by atoms with van der Waals surface area (Å²) in [7, 11) is 1.64. The van der Waals surface area contributed by atoms with Crippen molar-refractivity contribution >= 4 is 11.6 Å². The van der Waals surface area contributed by atoms with Crippen molar-refractivity contribution in [3.05, 3.63) is 48.0 Å². The third kappa shape index (κ3) is 2.43. The van der Waals surface area contributed by atoms with E-state index in [1.165, 1.54) is 0 Å². The van der Waals surface area contributed by atoms with E-state index in [2.05, 4.69) is 15.5 Å². The Bertz CT molecular complexity index is 674. The maximum atomic E-state index is 5.59. The Labute approximate surface area is 110 Å². The lowest BCUT2D eigenvalue weighted by Crippen LogP contribution is -2.02. The van der Waals surface area contributed by atoms with E-state index < -0.39 is 0 Å². The minimum absolute atomic E-state index is 0.480. The molecule has 0 spiro atoms. The third-order valence-corrected chi connectivity index (χ3v) is 2.74. The first-order valence-corrected chi connectivity index (χ1v) is 5.97. The molecule has 3 rings (SSSR count). The van der Waals surface area contributed by atoms with Crippen LogP contribution < -0.4 is 5.32 Å². The summed E-state index contributed by atoms with van der Waals surface area (Å²) in [4.78, 5) is 0. The molecule has 0 atom stereocenters. The molecule has 0 amide bonds. The first-order chi connectivity index (χ1) is 9.36. The summed E-state index contributed by atoms with van der Waals surface area (Å²) in [6, 6.07) is 9.59. The van der Waals surface area contributed by atoms with Gasteiger partial charge in [-0.2, -0.15) is 0 Å². The van der Waals surface area contributed by atoms with Crippen LogP contribution in [-0.4, -0.2) is 21.7 Å². The normalized spacial score (nSPS) is 11.0. The van der Waals surface area contributed by atoms with Crippen LogP contribution in [0.3, 0.4) is 0 Å². The van der Waals surface area contributed by atoms with Gasteiger partial charge in [-0.05, 0) is 24.3 Å². The maximum absolute atomic E-state index is 5.59. The van der Waals surface area contributed by atoms with Crippen LogP contribution in [0.2, 0.25) is 0 Å². The van der Waals surface area contributed by atoms with Gasteiger partial charge >= 0.3 is 0 Å². The fraction of sp³-hybridized carbons (Fsp3) is 0.231. The van der Waals surface area contributed by atoms with Crippen molar-refractivity contribution in [3.8, 4) is 0 Å². The van der Waals surface area contributed by atoms with Crippen LogP contribution in [-0.2, 0) is 17.9 Å². The minimum Gasteiger partial charge on any atom is -0.462 e. The van der Waals surface area contributed by atoms with Gasteiger partial charge in [0.2, 0.25) is 5.95 Å². The van der Waals surface area contributed by atoms with Crippen LogP contribution in [0.5, 0.6) is 0 Å². The van der Waals surface area contributed by atoms with Crippen molar-refractivity contribution in [2.45, 2.75) is 13.2 Å². The Morgan fingerprint density at radius 2 is 2.11 bits per heavy atom. The lowest BCUT2D eigenvalue weighted by atomic mass is 10.4. The van der Waals surface area contributed by atoms with Gasteiger partial charge in [0.25, 0.3) is 0 Å². The second-order valence-electron chi connectivity index (χ2n) is 4.11. The molecule has 0 aliphatic rings. The van der Waals surface area contributed by atoms with E-state index in [0.29, 0.717) is 19.1 Å². The molecule has 98 valence electrons. The molecule has 0 unspecified atom stereocenters. The molecule has 0 radical (unpaired) electrons. The predicted octanol–water partition coefficient (Wildman–Crippen LogP) is 2.08. The molecule has 6 heteroatoms. The van der Waals surface area contributed by atoms with Crippen LogP contribution in [0.1, 0.15) is 11.5 Å². The number of furan rings is 1. The van der Waals surface area contributed by atoms with Crippen molar-refractivity contribution < 1.29 is 9.15 Å². The van der Waals surface area contributed by atoms with Gasteiger partial charge in [0.15, 0.2) is 5.65 Å². The summed E-state index contributed by atoms with van der Waals surface area (Å²) in [5.41, 5.74) is 0.810. The maximum Gasteiger partial charge on any atom is 0.229 e. The Balaban J connectivity index is 1.71. The van der Waals surface area contributed by atoms with Gasteiger partial charge in [-0.3, -0.25) is 4.40 Å². The Morgan fingerprint density at radius 1 is 1.21 bits per heavy atom. The number of hydrogen-bond acceptors (Lipinski definition) is 5. The molecule has 3 aromatic heterocycles. The van der Waals surface area contributed by atoms with Crippen LogP contribution >= 0.6 is 0 Å². The lowest BCUT2D eigenvalue weighted by molar-refractivity contribution is 0.163. The number of methoxy groups -OCH3 is 1. The van der Waals surface area contributed by atoms with Gasteiger partial charge in [0.1, 0.15) is 18.1 Å². The zero-order valence-corrected chi connectivity index (χ0v) is 10.5. The van der Waals surface area contributed by atoms with E-state index in [9.17, 15) is 0 Å². The number of hydrogen-bond donors (Lipinski definition) is 1. The fourth-order valence-corrected chi connectivity index (χ4v) is 1.87. The predicted molar refractivity (Wildman–Crippen MR) is 69.7 cm³/mol. The number of fused-ring (bicyclic) bond motifs is 1. The molecular weight excluding hydrogens is 244 g/mol. The molecule has 19 heavy (non-hydrogen) atoms. The quantitative estimate of drug-likeness (QED) is 0.759. The summed E-state index contributed by atoms with van der Waals surface area (Å²) in [5.74, 6) is 2.34. The van der Waals surface area contributed by atoms with Crippen LogP contribution in [0.25, 0.3) is 5.65 Å². The third-order valence-electron chi connectivity index (χ3n) is 2.74. The molecule has 0 saturated carbocycles. The summed E-state index contributed by atoms with van der Waals surface area (Å²) in [6.07, 6.45) is 1.91. The highest BCUT2D eigenvalue weighted by molar-refractivity contribution is 5.44. The first kappa shape index (κ1) is 11.7. The van der Waals surface area contributed by atoms with Crippen molar-refractivity contribution in [1.82, 2.24) is 14.6 Å². The average Bonchev–Trinajstić information content (AvgIpc) is 3.04. The highest BCUT2D eigenvalue weighted by Gasteiger charge is 2.06. The Kier molecular flexibility index (Phi) is 3.16. The van der Waals surface area contributed by atoms with E-state index in [-0.39, 0.29) is 0 Å². The van der Waals surface area contributed by atoms with Crippen molar-refractivity contribution in [1.29, 1.82) is 0 Å². The van der Waals surface area contributed by atoms with Crippen molar-refractivity contribution in [3.63, 3.8) is 0 Å². The van der Waals surface area contributed by atoms with E-state index in [1.54, 1.807) is 7.11 Å². The molecule has 1 N–H and O–H groups in total. The topological polar surface area (TPSA) is 64.6 Å². The van der Waals surface area contributed by atoms with Crippen molar-refractivity contribution in [2.75, 3.05) is 12.4 Å². The molecule has 3 heterocycles. The second kappa shape index (κ2) is 5.11. The molecule has 0 fully saturated rings. The summed E-state index contributed by atoms with van der Waals surface area (Å²) in [5, 5.41) is 11.3. The molecule has 0 aromatic carbocycles. The molecule has 0 bridgehead atoms. The number of ether oxygens (including phenoxy) is 1. The van der Waals surface area contributed by atoms with Gasteiger partial charge in [-0.15, -0.1) is 10.2 Å². The SMILES string of the molecule is COCc1ccc(CNc2nnc3ccccn23)o1. The number of rotatable bonds is 5. The summed E-state index contributed by atoms with van der Waals surface area (Å²) < 4.78 is 12.5. The largest absolute Gasteiger partial charge is 0.462 e. The molecule has 0 aliphatic heterocycles. The first-order valence-electron chi connectivity index (χ1n) is 5.97. The Morgan fingerprint density at radius 3 is 3.00 bits per heavy atom. The van der Waals surface area contributed by atoms with E-state index in [1.807, 2.05) is 40.9 Å². The van der Waals surface area contributed by atoms with Crippen LogP contribution in [0, 0.1) is 0 Å². The van der Waals surface area contributed by atoms with Gasteiger partial charge < -0.3 is 14.5 Å².